The zero-order valence-electron chi connectivity index (χ0n) is 6.33. The van der Waals surface area contributed by atoms with E-state index in [1.54, 1.807) is 0 Å². The Hall–Kier alpha value is -0.100. The molecule has 0 aromatic carbocycles. The van der Waals surface area contributed by atoms with E-state index in [2.05, 4.69) is 5.73 Å². The quantitative estimate of drug-likeness (QED) is 0.422. The molecule has 0 spiro atoms. The van der Waals surface area contributed by atoms with Crippen LogP contribution in [0.15, 0.2) is 0 Å². The predicted molar refractivity (Wildman–Crippen MR) is 25.9 cm³/mol. The third kappa shape index (κ3) is 7.80. The maximum atomic E-state index is 9.92. The second kappa shape index (κ2) is 6.60. The molecule has 0 bridgehead atoms. The summed E-state index contributed by atoms with van der Waals surface area (Å²) in [6.07, 6.45) is -0.327. The van der Waals surface area contributed by atoms with Crippen LogP contribution in [0.5, 0.6) is 0 Å². The van der Waals surface area contributed by atoms with Crippen LogP contribution in [-0.4, -0.2) is 18.0 Å². The van der Waals surface area contributed by atoms with E-state index in [1.807, 2.05) is 0 Å². The van der Waals surface area contributed by atoms with Gasteiger partial charge in [-0.2, -0.15) is 0 Å². The molecule has 0 fully saturated rings. The summed E-state index contributed by atoms with van der Waals surface area (Å²) in [6.45, 7) is 0. The smallest absolute Gasteiger partial charge is 0.550 e. The molecule has 5 nitrogen and oxygen atoms in total. The molecule has 0 aliphatic heterocycles. The van der Waals surface area contributed by atoms with Crippen molar-refractivity contribution in [3.63, 3.8) is 0 Å². The number of carboxylic acids is 2. The van der Waals surface area contributed by atoms with Crippen LogP contribution in [0.1, 0.15) is 12.8 Å². The van der Waals surface area contributed by atoms with Crippen molar-refractivity contribution >= 4 is 11.9 Å². The molecule has 0 aliphatic carbocycles. The summed E-state index contributed by atoms with van der Waals surface area (Å²) in [5.41, 5.74) is 3.16. The summed E-state index contributed by atoms with van der Waals surface area (Å²) in [4.78, 5) is 19.7. The Labute approximate surface area is 85.9 Å². The van der Waals surface area contributed by atoms with Crippen LogP contribution >= 0.6 is 0 Å². The maximum Gasteiger partial charge on any atom is 1.00 e. The van der Waals surface area contributed by atoms with Crippen LogP contribution in [0.3, 0.4) is 0 Å². The van der Waals surface area contributed by atoms with Gasteiger partial charge in [0.05, 0.1) is 5.97 Å². The van der Waals surface area contributed by atoms with Gasteiger partial charge in [-0.1, -0.05) is 0 Å². The second-order valence-electron chi connectivity index (χ2n) is 1.93. The molecule has 0 aromatic heterocycles. The van der Waals surface area contributed by atoms with E-state index in [4.69, 9.17) is 0 Å². The van der Waals surface area contributed by atoms with Gasteiger partial charge in [-0.25, -0.2) is 0 Å². The molecule has 0 aromatic rings. The van der Waals surface area contributed by atoms with Gasteiger partial charge in [0.25, 0.3) is 0 Å². The fourth-order valence-electron chi connectivity index (χ4n) is 0.410. The Balaban J connectivity index is 0. The van der Waals surface area contributed by atoms with E-state index in [0.717, 1.165) is 0 Å². The van der Waals surface area contributed by atoms with Gasteiger partial charge in [-0.3, -0.25) is 0 Å². The number of carbonyl (C=O) groups excluding carboxylic acids is 2. The Kier molecular flexibility index (Phi) is 8.09. The van der Waals surface area contributed by atoms with Crippen LogP contribution in [0, 0.1) is 0 Å². The van der Waals surface area contributed by atoms with Gasteiger partial charge in [0.2, 0.25) is 0 Å². The van der Waals surface area contributed by atoms with Gasteiger partial charge in [0, 0.05) is 12.4 Å². The third-order valence-electron chi connectivity index (χ3n) is 1.03. The largest absolute Gasteiger partial charge is 1.00 e. The first-order valence-electron chi connectivity index (χ1n) is 2.78. The van der Waals surface area contributed by atoms with E-state index in [1.165, 1.54) is 0 Å². The van der Waals surface area contributed by atoms with Crippen molar-refractivity contribution in [1.29, 1.82) is 0 Å². The Morgan fingerprint density at radius 1 is 1.36 bits per heavy atom. The Morgan fingerprint density at radius 2 is 1.82 bits per heavy atom. The monoisotopic (exact) mass is 169 g/mol. The molecule has 0 amide bonds. The first-order chi connectivity index (χ1) is 4.54. The third-order valence-corrected chi connectivity index (χ3v) is 1.03. The van der Waals surface area contributed by atoms with Crippen LogP contribution in [0.25, 0.3) is 0 Å². The molecule has 6 heteroatoms. The molecule has 0 saturated heterocycles. The van der Waals surface area contributed by atoms with Gasteiger partial charge in [0.15, 0.2) is 0 Å². The minimum absolute atomic E-state index is 0. The van der Waals surface area contributed by atoms with E-state index in [-0.39, 0.29) is 42.4 Å². The molecule has 0 saturated carbocycles. The summed E-state index contributed by atoms with van der Waals surface area (Å²) < 4.78 is 0. The van der Waals surface area contributed by atoms with Gasteiger partial charge in [-0.05, 0) is 6.42 Å². The average Bonchev–Trinajstić information content (AvgIpc) is 1.82. The summed E-state index contributed by atoms with van der Waals surface area (Å²) in [5.74, 6) is -2.60. The molecular formula is C5H8NNaO4. The van der Waals surface area contributed by atoms with E-state index in [9.17, 15) is 19.8 Å². The van der Waals surface area contributed by atoms with E-state index in [0.29, 0.717) is 0 Å². The van der Waals surface area contributed by atoms with Crippen molar-refractivity contribution in [1.82, 2.24) is 0 Å². The molecule has 1 atom stereocenters. The minimum atomic E-state index is -1.33. The number of carbonyl (C=O) groups is 2. The zero-order valence-corrected chi connectivity index (χ0v) is 8.33. The van der Waals surface area contributed by atoms with Gasteiger partial charge in [0.1, 0.15) is 6.04 Å². The zero-order chi connectivity index (χ0) is 8.15. The molecule has 0 rings (SSSR count). The van der Waals surface area contributed by atoms with Crippen molar-refractivity contribution < 1.29 is 55.1 Å². The summed E-state index contributed by atoms with van der Waals surface area (Å²) in [7, 11) is 0. The number of hydrogen-bond donors (Lipinski definition) is 1. The number of carboxylic acid groups (broad SMARTS) is 2. The van der Waals surface area contributed by atoms with Crippen LogP contribution in [-0.2, 0) is 9.59 Å². The fraction of sp³-hybridized carbons (Fsp3) is 0.600. The number of aliphatic carboxylic acids is 2. The molecule has 0 radical (unpaired) electrons. The minimum Gasteiger partial charge on any atom is -0.550 e. The first kappa shape index (κ1) is 13.5. The molecule has 0 aliphatic rings. The Morgan fingerprint density at radius 3 is 2.09 bits per heavy atom. The van der Waals surface area contributed by atoms with Crippen LogP contribution < -0.4 is 45.5 Å². The predicted octanol–water partition coefficient (Wildman–Crippen LogP) is -7.12. The SMILES string of the molecule is [NH3+][C@H](CCC(=O)[O-])C(=O)[O-].[Na+]. The standard InChI is InChI=1S/C5H9NO4.Na/c6-3(5(9)10)1-2-4(7)8;/h3H,1-2,6H2,(H,7,8)(H,9,10);/q;+1/p-1/t3-;/m1./s1. The van der Waals surface area contributed by atoms with Crippen molar-refractivity contribution in [2.45, 2.75) is 18.9 Å². The number of hydrogen-bond acceptors (Lipinski definition) is 4. The topological polar surface area (TPSA) is 108 Å². The van der Waals surface area contributed by atoms with Crippen LogP contribution in [0.2, 0.25) is 0 Å². The molecule has 3 N–H and O–H groups in total. The number of quaternary nitrogens is 1. The first-order valence-corrected chi connectivity index (χ1v) is 2.78. The molecule has 0 heterocycles. The van der Waals surface area contributed by atoms with Gasteiger partial charge in [-0.15, -0.1) is 0 Å². The van der Waals surface area contributed by atoms with Gasteiger partial charge < -0.3 is 25.5 Å². The van der Waals surface area contributed by atoms with E-state index >= 15 is 0 Å². The average molecular weight is 169 g/mol. The fourth-order valence-corrected chi connectivity index (χ4v) is 0.410. The van der Waals surface area contributed by atoms with E-state index < -0.39 is 18.0 Å². The van der Waals surface area contributed by atoms with Crippen LogP contribution in [0.4, 0.5) is 0 Å². The molecule has 58 valence electrons. The summed E-state index contributed by atoms with van der Waals surface area (Å²) in [5, 5.41) is 19.7. The Bertz CT molecular complexity index is 149. The van der Waals surface area contributed by atoms with Gasteiger partial charge >= 0.3 is 29.6 Å². The normalized spacial score (nSPS) is 11.4. The van der Waals surface area contributed by atoms with Crippen molar-refractivity contribution in [2.24, 2.45) is 0 Å². The molecule has 11 heavy (non-hydrogen) atoms. The number of rotatable bonds is 4. The second-order valence-corrected chi connectivity index (χ2v) is 1.93. The summed E-state index contributed by atoms with van der Waals surface area (Å²) >= 11 is 0. The molecule has 0 unspecified atom stereocenters. The molecular weight excluding hydrogens is 161 g/mol. The maximum absolute atomic E-state index is 9.92. The summed E-state index contributed by atoms with van der Waals surface area (Å²) in [6, 6.07) is -0.960. The van der Waals surface area contributed by atoms with Crippen molar-refractivity contribution in [3.8, 4) is 0 Å². The van der Waals surface area contributed by atoms with Crippen molar-refractivity contribution in [3.05, 3.63) is 0 Å². The van der Waals surface area contributed by atoms with Crippen molar-refractivity contribution in [2.75, 3.05) is 0 Å².